The van der Waals surface area contributed by atoms with E-state index in [1.54, 1.807) is 37.3 Å². The van der Waals surface area contributed by atoms with Crippen LogP contribution in [0, 0.1) is 0 Å². The number of aromatic nitrogens is 3. The number of benzene rings is 1. The number of H-pyrrole nitrogens is 1. The zero-order valence-corrected chi connectivity index (χ0v) is 16.9. The number of rotatable bonds is 6. The molecule has 0 unspecified atom stereocenters. The van der Waals surface area contributed by atoms with Crippen LogP contribution in [-0.2, 0) is 6.54 Å². The minimum absolute atomic E-state index is 0.0103. The number of carbonyl (C=O) groups excluding carboxylic acids is 1. The zero-order chi connectivity index (χ0) is 21.1. The van der Waals surface area contributed by atoms with Crippen molar-refractivity contribution in [3.05, 3.63) is 62.4 Å². The molecular formula is C21H24N4O4. The van der Waals surface area contributed by atoms with E-state index < -0.39 is 17.2 Å². The Morgan fingerprint density at radius 2 is 1.90 bits per heavy atom. The van der Waals surface area contributed by atoms with Crippen molar-refractivity contribution in [1.82, 2.24) is 14.5 Å². The molecule has 0 spiro atoms. The third-order valence-electron chi connectivity index (χ3n) is 4.54. The normalized spacial score (nSPS) is 11.1. The summed E-state index contributed by atoms with van der Waals surface area (Å²) in [6, 6.07) is 8.57. The van der Waals surface area contributed by atoms with Crippen LogP contribution in [0.2, 0.25) is 0 Å². The number of hydrogen-bond acceptors (Lipinski definition) is 5. The van der Waals surface area contributed by atoms with Crippen molar-refractivity contribution in [2.45, 2.75) is 40.2 Å². The molecule has 0 bridgehead atoms. The Morgan fingerprint density at radius 1 is 1.21 bits per heavy atom. The van der Waals surface area contributed by atoms with Gasteiger partial charge in [0.2, 0.25) is 0 Å². The lowest BCUT2D eigenvalue weighted by Crippen LogP contribution is -2.32. The molecule has 0 aliphatic carbocycles. The Morgan fingerprint density at radius 3 is 2.48 bits per heavy atom. The van der Waals surface area contributed by atoms with Gasteiger partial charge in [0.1, 0.15) is 5.75 Å². The van der Waals surface area contributed by atoms with E-state index in [1.807, 2.05) is 20.8 Å². The topological polar surface area (TPSA) is 106 Å². The zero-order valence-electron chi connectivity index (χ0n) is 16.9. The van der Waals surface area contributed by atoms with Crippen LogP contribution in [0.15, 0.2) is 39.9 Å². The molecule has 2 N–H and O–H groups in total. The molecule has 152 valence electrons. The maximum Gasteiger partial charge on any atom is 0.329 e. The number of carbonyl (C=O) groups is 1. The highest BCUT2D eigenvalue weighted by molar-refractivity contribution is 6.11. The van der Waals surface area contributed by atoms with Gasteiger partial charge in [-0.1, -0.05) is 13.8 Å². The molecule has 0 aliphatic rings. The highest BCUT2D eigenvalue weighted by atomic mass is 16.5. The van der Waals surface area contributed by atoms with Gasteiger partial charge in [-0.3, -0.25) is 19.1 Å². The number of nitrogens with one attached hydrogen (secondary N) is 2. The summed E-state index contributed by atoms with van der Waals surface area (Å²) in [5, 5.41) is 2.90. The van der Waals surface area contributed by atoms with Gasteiger partial charge in [-0.05, 0) is 50.1 Å². The van der Waals surface area contributed by atoms with Crippen molar-refractivity contribution in [3.8, 4) is 5.75 Å². The summed E-state index contributed by atoms with van der Waals surface area (Å²) in [6.45, 7) is 8.41. The molecule has 0 aliphatic heterocycles. The smallest absolute Gasteiger partial charge is 0.329 e. The van der Waals surface area contributed by atoms with Gasteiger partial charge in [0.05, 0.1) is 17.6 Å². The van der Waals surface area contributed by atoms with Crippen molar-refractivity contribution in [2.24, 2.45) is 0 Å². The first kappa shape index (κ1) is 20.3. The molecule has 29 heavy (non-hydrogen) atoms. The lowest BCUT2D eigenvalue weighted by molar-refractivity contribution is 0.102. The molecule has 3 aromatic rings. The monoisotopic (exact) mass is 396 g/mol. The summed E-state index contributed by atoms with van der Waals surface area (Å²) in [5.74, 6) is 0.261. The number of aryl methyl sites for hydroxylation is 1. The van der Waals surface area contributed by atoms with E-state index in [9.17, 15) is 14.4 Å². The van der Waals surface area contributed by atoms with Crippen LogP contribution in [0.4, 0.5) is 5.69 Å². The predicted molar refractivity (Wildman–Crippen MR) is 112 cm³/mol. The predicted octanol–water partition coefficient (Wildman–Crippen LogP) is 2.88. The molecule has 0 saturated carbocycles. The number of aromatic amines is 1. The molecule has 2 aromatic heterocycles. The van der Waals surface area contributed by atoms with Crippen LogP contribution in [0.5, 0.6) is 5.75 Å². The second kappa shape index (κ2) is 8.30. The average Bonchev–Trinajstić information content (AvgIpc) is 2.69. The Balaban J connectivity index is 2.13. The summed E-state index contributed by atoms with van der Waals surface area (Å²) in [6.07, 6.45) is 0. The number of anilines is 1. The largest absolute Gasteiger partial charge is 0.494 e. The second-order valence-electron chi connectivity index (χ2n) is 6.86. The van der Waals surface area contributed by atoms with Gasteiger partial charge in [0.25, 0.3) is 11.5 Å². The van der Waals surface area contributed by atoms with Gasteiger partial charge in [-0.2, -0.15) is 0 Å². The van der Waals surface area contributed by atoms with Crippen LogP contribution < -0.4 is 21.3 Å². The lowest BCUT2D eigenvalue weighted by Gasteiger charge is -2.14. The van der Waals surface area contributed by atoms with E-state index in [-0.39, 0.29) is 22.5 Å². The van der Waals surface area contributed by atoms with Crippen molar-refractivity contribution < 1.29 is 9.53 Å². The van der Waals surface area contributed by atoms with Crippen LogP contribution in [0.1, 0.15) is 49.7 Å². The molecule has 0 saturated heterocycles. The van der Waals surface area contributed by atoms with E-state index in [0.29, 0.717) is 30.3 Å². The van der Waals surface area contributed by atoms with E-state index in [0.717, 1.165) is 0 Å². The van der Waals surface area contributed by atoms with Gasteiger partial charge in [-0.25, -0.2) is 9.78 Å². The van der Waals surface area contributed by atoms with Crippen LogP contribution in [0.3, 0.4) is 0 Å². The minimum Gasteiger partial charge on any atom is -0.494 e. The quantitative estimate of drug-likeness (QED) is 0.666. The molecule has 3 rings (SSSR count). The van der Waals surface area contributed by atoms with Gasteiger partial charge in [-0.15, -0.1) is 0 Å². The molecule has 2 heterocycles. The number of amides is 1. The van der Waals surface area contributed by atoms with E-state index in [1.165, 1.54) is 4.57 Å². The van der Waals surface area contributed by atoms with Crippen molar-refractivity contribution >= 4 is 22.6 Å². The number of fused-ring (bicyclic) bond motifs is 1. The van der Waals surface area contributed by atoms with Crippen LogP contribution in [0.25, 0.3) is 11.0 Å². The summed E-state index contributed by atoms with van der Waals surface area (Å²) < 4.78 is 6.76. The second-order valence-corrected chi connectivity index (χ2v) is 6.86. The van der Waals surface area contributed by atoms with Crippen LogP contribution >= 0.6 is 0 Å². The third-order valence-corrected chi connectivity index (χ3v) is 4.54. The third kappa shape index (κ3) is 4.06. The number of ether oxygens (including phenoxy) is 1. The van der Waals surface area contributed by atoms with E-state index >= 15 is 0 Å². The Kier molecular flexibility index (Phi) is 5.81. The Labute approximate surface area is 167 Å². The molecule has 0 radical (unpaired) electrons. The SMILES string of the molecule is CCOc1ccc(NC(=O)c2cc(C(C)C)nc3c2c(=O)[nH]c(=O)n3CC)cc1. The first-order chi connectivity index (χ1) is 13.8. The summed E-state index contributed by atoms with van der Waals surface area (Å²) in [7, 11) is 0. The molecule has 0 fully saturated rings. The fraction of sp³-hybridized carbons (Fsp3) is 0.333. The molecular weight excluding hydrogens is 372 g/mol. The lowest BCUT2D eigenvalue weighted by atomic mass is 10.0. The van der Waals surface area contributed by atoms with Crippen molar-refractivity contribution in [1.29, 1.82) is 0 Å². The van der Waals surface area contributed by atoms with E-state index in [4.69, 9.17) is 4.74 Å². The summed E-state index contributed by atoms with van der Waals surface area (Å²) in [5.41, 5.74) is 0.405. The molecule has 1 amide bonds. The highest BCUT2D eigenvalue weighted by Gasteiger charge is 2.20. The van der Waals surface area contributed by atoms with Crippen LogP contribution in [-0.4, -0.2) is 27.0 Å². The fourth-order valence-corrected chi connectivity index (χ4v) is 3.06. The Hall–Kier alpha value is -3.42. The number of pyridine rings is 1. The van der Waals surface area contributed by atoms with Gasteiger partial charge in [0, 0.05) is 17.9 Å². The van der Waals surface area contributed by atoms with E-state index in [2.05, 4.69) is 15.3 Å². The molecule has 1 aromatic carbocycles. The Bertz CT molecular complexity index is 1160. The van der Waals surface area contributed by atoms with Gasteiger partial charge in [0.15, 0.2) is 5.65 Å². The molecule has 8 nitrogen and oxygen atoms in total. The fourth-order valence-electron chi connectivity index (χ4n) is 3.06. The summed E-state index contributed by atoms with van der Waals surface area (Å²) >= 11 is 0. The molecule has 0 atom stereocenters. The number of hydrogen-bond donors (Lipinski definition) is 2. The standard InChI is InChI=1S/C21H24N4O4/c1-5-25-18-17(20(27)24-21(25)28)15(11-16(23-18)12(3)4)19(26)22-13-7-9-14(10-8-13)29-6-2/h7-12H,5-6H2,1-4H3,(H,22,26)(H,24,27,28). The minimum atomic E-state index is -0.630. The molecule has 8 heteroatoms. The first-order valence-electron chi connectivity index (χ1n) is 9.57. The average molecular weight is 396 g/mol. The van der Waals surface area contributed by atoms with Gasteiger partial charge < -0.3 is 10.1 Å². The van der Waals surface area contributed by atoms with Crippen molar-refractivity contribution in [3.63, 3.8) is 0 Å². The maximum absolute atomic E-state index is 13.0. The van der Waals surface area contributed by atoms with Crippen molar-refractivity contribution in [2.75, 3.05) is 11.9 Å². The first-order valence-corrected chi connectivity index (χ1v) is 9.57. The maximum atomic E-state index is 13.0. The highest BCUT2D eigenvalue weighted by Crippen LogP contribution is 2.22. The summed E-state index contributed by atoms with van der Waals surface area (Å²) in [4.78, 5) is 44.5. The van der Waals surface area contributed by atoms with Gasteiger partial charge >= 0.3 is 5.69 Å². The number of nitrogens with zero attached hydrogens (tertiary/aromatic N) is 2.